The van der Waals surface area contributed by atoms with Crippen molar-refractivity contribution in [1.82, 2.24) is 9.88 Å². The number of Topliss-reactive ketones (excluding diaryl/α,β-unsaturated/α-hetero) is 1. The number of nitriles is 1. The van der Waals surface area contributed by atoms with Crippen LogP contribution in [0.25, 0.3) is 0 Å². The summed E-state index contributed by atoms with van der Waals surface area (Å²) < 4.78 is 40.4. The molecule has 0 radical (unpaired) electrons. The average molecular weight is 393 g/mol. The van der Waals surface area contributed by atoms with Crippen LogP contribution in [0.5, 0.6) is 5.75 Å². The van der Waals surface area contributed by atoms with Crippen LogP contribution in [-0.2, 0) is 4.79 Å². The standard InChI is InChI=1S/C19H18F3N3O3/c1-17(2)10-18(7-12(8-23)15(17)26)5-6-25(11-18)16(27)14-4-3-13(9-24-14)28-19(20,21)22/h3-4,7,9H,5-6,10-11H2,1-2H3/t18-/m0/s1. The number of ketones is 1. The maximum atomic E-state index is 12.7. The fraction of sp³-hybridized carbons (Fsp3) is 0.474. The molecule has 2 heterocycles. The second-order valence-electron chi connectivity index (χ2n) is 7.83. The first kappa shape index (κ1) is 19.9. The Hall–Kier alpha value is -2.89. The Labute approximate surface area is 159 Å². The van der Waals surface area contributed by atoms with Gasteiger partial charge in [-0.25, -0.2) is 4.98 Å². The topological polar surface area (TPSA) is 83.3 Å². The molecule has 6 nitrogen and oxygen atoms in total. The minimum absolute atomic E-state index is 0.00204. The first-order valence-electron chi connectivity index (χ1n) is 8.64. The SMILES string of the molecule is CC1(C)C[C@@]2(C=C(C#N)C1=O)CCN(C(=O)c1ccc(OC(F)(F)F)cn1)C2. The van der Waals surface area contributed by atoms with Crippen LogP contribution in [0, 0.1) is 22.2 Å². The lowest BCUT2D eigenvalue weighted by atomic mass is 9.64. The summed E-state index contributed by atoms with van der Waals surface area (Å²) in [7, 11) is 0. The zero-order valence-electron chi connectivity index (χ0n) is 15.3. The number of amides is 1. The summed E-state index contributed by atoms with van der Waals surface area (Å²) in [5, 5.41) is 9.28. The minimum atomic E-state index is -4.83. The third kappa shape index (κ3) is 3.86. The quantitative estimate of drug-likeness (QED) is 0.770. The maximum absolute atomic E-state index is 12.7. The second kappa shape index (κ2) is 6.62. The van der Waals surface area contributed by atoms with Gasteiger partial charge < -0.3 is 9.64 Å². The first-order chi connectivity index (χ1) is 12.9. The number of alkyl halides is 3. The zero-order valence-corrected chi connectivity index (χ0v) is 15.3. The van der Waals surface area contributed by atoms with Gasteiger partial charge in [0.1, 0.15) is 17.5 Å². The van der Waals surface area contributed by atoms with Gasteiger partial charge in [-0.3, -0.25) is 9.59 Å². The molecule has 1 aliphatic heterocycles. The summed E-state index contributed by atoms with van der Waals surface area (Å²) in [5.74, 6) is -1.12. The van der Waals surface area contributed by atoms with Crippen LogP contribution in [0.15, 0.2) is 30.0 Å². The van der Waals surface area contributed by atoms with Crippen LogP contribution in [0.3, 0.4) is 0 Å². The smallest absolute Gasteiger partial charge is 0.404 e. The Morgan fingerprint density at radius 2 is 2.07 bits per heavy atom. The molecule has 1 aromatic rings. The largest absolute Gasteiger partial charge is 0.573 e. The number of allylic oxidation sites excluding steroid dienone is 1. The minimum Gasteiger partial charge on any atom is -0.404 e. The van der Waals surface area contributed by atoms with E-state index in [1.54, 1.807) is 24.8 Å². The van der Waals surface area contributed by atoms with Crippen molar-refractivity contribution in [1.29, 1.82) is 5.26 Å². The van der Waals surface area contributed by atoms with E-state index in [0.717, 1.165) is 12.3 Å². The zero-order chi connectivity index (χ0) is 20.7. The van der Waals surface area contributed by atoms with Gasteiger partial charge in [-0.15, -0.1) is 13.2 Å². The van der Waals surface area contributed by atoms with Gasteiger partial charge in [0.25, 0.3) is 5.91 Å². The van der Waals surface area contributed by atoms with E-state index in [9.17, 15) is 28.0 Å². The molecule has 1 fully saturated rings. The number of hydrogen-bond donors (Lipinski definition) is 0. The maximum Gasteiger partial charge on any atom is 0.573 e. The number of nitrogens with zero attached hydrogens (tertiary/aromatic N) is 3. The van der Waals surface area contributed by atoms with Crippen LogP contribution >= 0.6 is 0 Å². The molecule has 1 aromatic heterocycles. The Balaban J connectivity index is 1.77. The van der Waals surface area contributed by atoms with Crippen LogP contribution in [-0.4, -0.2) is 41.0 Å². The number of carbonyl (C=O) groups is 2. The highest BCUT2D eigenvalue weighted by atomic mass is 19.4. The normalized spacial score (nSPS) is 24.1. The van der Waals surface area contributed by atoms with Gasteiger partial charge in [0.05, 0.1) is 11.8 Å². The molecule has 2 aliphatic rings. The van der Waals surface area contributed by atoms with Crippen molar-refractivity contribution in [3.8, 4) is 11.8 Å². The lowest BCUT2D eigenvalue weighted by Gasteiger charge is -2.38. The fourth-order valence-corrected chi connectivity index (χ4v) is 4.02. The molecule has 9 heteroatoms. The number of hydrogen-bond acceptors (Lipinski definition) is 5. The van der Waals surface area contributed by atoms with E-state index in [1.165, 1.54) is 6.07 Å². The number of ether oxygens (including phenoxy) is 1. The highest BCUT2D eigenvalue weighted by molar-refractivity contribution is 6.03. The molecule has 0 aromatic carbocycles. The van der Waals surface area contributed by atoms with Gasteiger partial charge in [-0.2, -0.15) is 5.26 Å². The molecule has 1 spiro atoms. The molecule has 28 heavy (non-hydrogen) atoms. The predicted octanol–water partition coefficient (Wildman–Crippen LogP) is 3.26. The molecule has 1 atom stereocenters. The molecule has 1 amide bonds. The molecular weight excluding hydrogens is 375 g/mol. The van der Waals surface area contributed by atoms with Gasteiger partial charge >= 0.3 is 6.36 Å². The van der Waals surface area contributed by atoms with Crippen molar-refractivity contribution in [3.05, 3.63) is 35.7 Å². The number of carbonyl (C=O) groups excluding carboxylic acids is 2. The molecule has 148 valence electrons. The molecule has 1 saturated heterocycles. The fourth-order valence-electron chi connectivity index (χ4n) is 4.02. The van der Waals surface area contributed by atoms with Crippen molar-refractivity contribution in [3.63, 3.8) is 0 Å². The van der Waals surface area contributed by atoms with Crippen molar-refractivity contribution >= 4 is 11.7 Å². The summed E-state index contributed by atoms with van der Waals surface area (Å²) >= 11 is 0. The Bertz CT molecular complexity index is 884. The van der Waals surface area contributed by atoms with Gasteiger partial charge in [0, 0.05) is 23.9 Å². The van der Waals surface area contributed by atoms with Crippen LogP contribution in [0.4, 0.5) is 13.2 Å². The van der Waals surface area contributed by atoms with Crippen LogP contribution < -0.4 is 4.74 Å². The van der Waals surface area contributed by atoms with E-state index < -0.39 is 28.8 Å². The van der Waals surface area contributed by atoms with Crippen molar-refractivity contribution in [2.24, 2.45) is 10.8 Å². The summed E-state index contributed by atoms with van der Waals surface area (Å²) in [6.45, 7) is 4.29. The van der Waals surface area contributed by atoms with Gasteiger partial charge in [0.2, 0.25) is 0 Å². The molecule has 0 N–H and O–H groups in total. The van der Waals surface area contributed by atoms with E-state index in [-0.39, 0.29) is 17.1 Å². The summed E-state index contributed by atoms with van der Waals surface area (Å²) in [5.41, 5.74) is -1.06. The summed E-state index contributed by atoms with van der Waals surface area (Å²) in [6, 6.07) is 4.17. The first-order valence-corrected chi connectivity index (χ1v) is 8.64. The van der Waals surface area contributed by atoms with E-state index >= 15 is 0 Å². The molecule has 0 bridgehead atoms. The number of rotatable bonds is 2. The Kier molecular flexibility index (Phi) is 4.69. The van der Waals surface area contributed by atoms with E-state index in [0.29, 0.717) is 25.9 Å². The third-order valence-corrected chi connectivity index (χ3v) is 5.09. The monoisotopic (exact) mass is 393 g/mol. The van der Waals surface area contributed by atoms with E-state index in [4.69, 9.17) is 0 Å². The summed E-state index contributed by atoms with van der Waals surface area (Å²) in [4.78, 5) is 30.3. The lowest BCUT2D eigenvalue weighted by Crippen LogP contribution is -2.40. The van der Waals surface area contributed by atoms with E-state index in [1.807, 2.05) is 6.07 Å². The Morgan fingerprint density at radius 3 is 2.64 bits per heavy atom. The Morgan fingerprint density at radius 1 is 1.36 bits per heavy atom. The molecule has 0 saturated carbocycles. The highest BCUT2D eigenvalue weighted by Gasteiger charge is 2.49. The number of halogens is 3. The molecule has 3 rings (SSSR count). The number of aromatic nitrogens is 1. The molecule has 0 unspecified atom stereocenters. The number of pyridine rings is 1. The number of likely N-dealkylation sites (tertiary alicyclic amines) is 1. The molecular formula is C19H18F3N3O3. The van der Waals surface area contributed by atoms with E-state index in [2.05, 4.69) is 9.72 Å². The van der Waals surface area contributed by atoms with Crippen molar-refractivity contribution in [2.45, 2.75) is 33.1 Å². The second-order valence-corrected chi connectivity index (χ2v) is 7.83. The lowest BCUT2D eigenvalue weighted by molar-refractivity contribution is -0.274. The third-order valence-electron chi connectivity index (χ3n) is 5.09. The summed E-state index contributed by atoms with van der Waals surface area (Å²) in [6.07, 6.45) is -1.20. The van der Waals surface area contributed by atoms with Crippen molar-refractivity contribution in [2.75, 3.05) is 13.1 Å². The predicted molar refractivity (Wildman–Crippen MR) is 91.0 cm³/mol. The molecule has 1 aliphatic carbocycles. The average Bonchev–Trinajstić information content (AvgIpc) is 3.00. The van der Waals surface area contributed by atoms with Gasteiger partial charge in [-0.05, 0) is 25.0 Å². The highest BCUT2D eigenvalue weighted by Crippen LogP contribution is 2.48. The van der Waals surface area contributed by atoms with Gasteiger partial charge in [-0.1, -0.05) is 19.9 Å². The van der Waals surface area contributed by atoms with Crippen LogP contribution in [0.2, 0.25) is 0 Å². The van der Waals surface area contributed by atoms with Crippen LogP contribution in [0.1, 0.15) is 37.2 Å². The van der Waals surface area contributed by atoms with Crippen molar-refractivity contribution < 1.29 is 27.5 Å². The van der Waals surface area contributed by atoms with Gasteiger partial charge in [0.15, 0.2) is 5.78 Å².